The molecule has 0 unspecified atom stereocenters. The molecule has 3 aromatic rings. The van der Waals surface area contributed by atoms with Gasteiger partial charge < -0.3 is 48.0 Å². The first-order valence-corrected chi connectivity index (χ1v) is 14.3. The van der Waals surface area contributed by atoms with E-state index in [1.807, 2.05) is 18.2 Å². The zero-order chi connectivity index (χ0) is 32.8. The molecule has 11 N–H and O–H groups in total. The summed E-state index contributed by atoms with van der Waals surface area (Å²) in [5, 5.41) is 8.75. The Morgan fingerprint density at radius 1 is 0.830 bits per heavy atom. The molecule has 0 saturated carbocycles. The first-order chi connectivity index (χ1) is 21.5. The van der Waals surface area contributed by atoms with Gasteiger partial charge in [-0.2, -0.15) is 0 Å². The number of anilines is 1. The van der Waals surface area contributed by atoms with Crippen LogP contribution in [0.5, 0.6) is 0 Å². The van der Waals surface area contributed by atoms with Crippen molar-refractivity contribution in [1.82, 2.24) is 10.6 Å². The molecule has 256 valence electrons. The van der Waals surface area contributed by atoms with E-state index in [1.165, 1.54) is 12.1 Å². The number of carbonyl (C=O) groups is 3. The number of fused-ring (bicyclic) bond motifs is 1. The molecule has 3 rings (SSSR count). The summed E-state index contributed by atoms with van der Waals surface area (Å²) in [5.74, 6) is -1.38. The Morgan fingerprint density at radius 2 is 1.43 bits per heavy atom. The topological polar surface area (TPSA) is 256 Å². The number of alkyl carbamates (subject to hydrolysis) is 1. The Hall–Kier alpha value is -5.02. The Morgan fingerprint density at radius 3 is 2.02 bits per heavy atom. The molecule has 0 radical (unpaired) electrons. The number of aliphatic imine (C=N–C) groups is 2. The molecule has 0 aliphatic carbocycles. The number of halogens is 2. The van der Waals surface area contributed by atoms with Crippen molar-refractivity contribution in [3.63, 3.8) is 0 Å². The van der Waals surface area contributed by atoms with E-state index in [-0.39, 0.29) is 69.3 Å². The van der Waals surface area contributed by atoms with E-state index in [2.05, 4.69) is 25.9 Å². The summed E-state index contributed by atoms with van der Waals surface area (Å²) >= 11 is 0. The van der Waals surface area contributed by atoms with Gasteiger partial charge in [0.05, 0.1) is 0 Å². The van der Waals surface area contributed by atoms with Crippen molar-refractivity contribution in [1.29, 1.82) is 0 Å². The predicted octanol–water partition coefficient (Wildman–Crippen LogP) is 1.77. The van der Waals surface area contributed by atoms with Crippen LogP contribution in [0.3, 0.4) is 0 Å². The molecule has 0 aliphatic rings. The number of carbonyl (C=O) groups excluding carboxylic acids is 3. The number of benzene rings is 2. The van der Waals surface area contributed by atoms with E-state index < -0.39 is 35.6 Å². The number of nitrogens with zero attached hydrogens (tertiary/aromatic N) is 2. The maximum atomic E-state index is 13.5. The van der Waals surface area contributed by atoms with Crippen molar-refractivity contribution in [2.24, 2.45) is 32.9 Å². The Kier molecular flexibility index (Phi) is 17.2. The van der Waals surface area contributed by atoms with Crippen LogP contribution in [0.15, 0.2) is 73.8 Å². The summed E-state index contributed by atoms with van der Waals surface area (Å²) in [6.07, 6.45) is 0.188. The monoisotopic (exact) mass is 693 g/mol. The van der Waals surface area contributed by atoms with Gasteiger partial charge in [-0.3, -0.25) is 19.6 Å². The van der Waals surface area contributed by atoms with Gasteiger partial charge >= 0.3 is 11.7 Å². The zero-order valence-corrected chi connectivity index (χ0v) is 27.4. The minimum absolute atomic E-state index is 0. The summed E-state index contributed by atoms with van der Waals surface area (Å²) in [5.41, 5.74) is 23.2. The highest BCUT2D eigenvalue weighted by Crippen LogP contribution is 2.21. The second kappa shape index (κ2) is 20.2. The van der Waals surface area contributed by atoms with Crippen molar-refractivity contribution in [3.05, 3.63) is 76.1 Å². The number of hydrogen-bond acceptors (Lipinski definition) is 8. The van der Waals surface area contributed by atoms with Gasteiger partial charge in [0, 0.05) is 36.3 Å². The third kappa shape index (κ3) is 13.9. The number of rotatable bonds is 15. The van der Waals surface area contributed by atoms with E-state index in [1.54, 1.807) is 31.2 Å². The van der Waals surface area contributed by atoms with Gasteiger partial charge in [0.1, 0.15) is 24.3 Å². The molecule has 47 heavy (non-hydrogen) atoms. The third-order valence-corrected chi connectivity index (χ3v) is 6.56. The molecule has 3 amide bonds. The number of nitrogens with two attached hydrogens (primary N) is 4. The highest BCUT2D eigenvalue weighted by molar-refractivity contribution is 5.99. The van der Waals surface area contributed by atoms with E-state index in [0.717, 1.165) is 11.1 Å². The highest BCUT2D eigenvalue weighted by Gasteiger charge is 2.27. The number of amides is 3. The van der Waals surface area contributed by atoms with Crippen molar-refractivity contribution in [2.45, 2.75) is 51.3 Å². The van der Waals surface area contributed by atoms with Crippen LogP contribution in [0, 0.1) is 6.92 Å². The maximum absolute atomic E-state index is 13.5. The highest BCUT2D eigenvalue weighted by atomic mass is 35.5. The molecular formula is C30H41Cl2N9O6. The zero-order valence-electron chi connectivity index (χ0n) is 25.8. The lowest BCUT2D eigenvalue weighted by atomic mass is 10.1. The van der Waals surface area contributed by atoms with Crippen LogP contribution in [0.25, 0.3) is 11.0 Å². The van der Waals surface area contributed by atoms with Gasteiger partial charge in [0.2, 0.25) is 11.8 Å². The Balaban J connectivity index is 0.00000552. The molecule has 0 fully saturated rings. The lowest BCUT2D eigenvalue weighted by Crippen LogP contribution is -2.52. The van der Waals surface area contributed by atoms with Gasteiger partial charge in [-0.25, -0.2) is 9.59 Å². The van der Waals surface area contributed by atoms with E-state index in [0.29, 0.717) is 29.5 Å². The summed E-state index contributed by atoms with van der Waals surface area (Å²) in [6.45, 7) is 2.20. The van der Waals surface area contributed by atoms with Gasteiger partial charge in [-0.05, 0) is 55.9 Å². The van der Waals surface area contributed by atoms with E-state index >= 15 is 0 Å². The van der Waals surface area contributed by atoms with Crippen LogP contribution in [0.4, 0.5) is 10.5 Å². The van der Waals surface area contributed by atoms with Crippen LogP contribution in [0.1, 0.15) is 36.8 Å². The van der Waals surface area contributed by atoms with Crippen molar-refractivity contribution < 1.29 is 23.5 Å². The first kappa shape index (κ1) is 40.0. The van der Waals surface area contributed by atoms with Gasteiger partial charge in [0.15, 0.2) is 11.9 Å². The number of guanidine groups is 2. The van der Waals surface area contributed by atoms with Crippen molar-refractivity contribution >= 4 is 71.3 Å². The Bertz CT molecular complexity index is 1590. The third-order valence-electron chi connectivity index (χ3n) is 6.56. The summed E-state index contributed by atoms with van der Waals surface area (Å²) in [6, 6.07) is 13.2. The number of nitrogens with one attached hydrogen (secondary N) is 3. The van der Waals surface area contributed by atoms with Gasteiger partial charge in [0.25, 0.3) is 0 Å². The quantitative estimate of drug-likeness (QED) is 0.0525. The van der Waals surface area contributed by atoms with Crippen LogP contribution in [0.2, 0.25) is 0 Å². The molecule has 2 atom stereocenters. The molecule has 15 nitrogen and oxygen atoms in total. The molecule has 1 heterocycles. The fraction of sp³-hybridized carbons (Fsp3) is 0.333. The molecule has 0 spiro atoms. The smallest absolute Gasteiger partial charge is 0.408 e. The lowest BCUT2D eigenvalue weighted by Gasteiger charge is -2.23. The summed E-state index contributed by atoms with van der Waals surface area (Å²) in [4.78, 5) is 59.2. The standard InChI is InChI=1S/C30H39N9O6.2ClH/c1-18-15-25(40)45-24-16-20(11-12-21(18)24)37-26(41)22(9-5-13-35-28(31)32)38-27(42)23(10-6-14-36-29(33)34)39-30(43)44-17-19-7-3-2-4-8-19;;/h2-4,7-8,11-12,15-16,22-23H,5-6,9-10,13-14,17H2,1H3,(H,37,41)(H,38,42)(H,39,43)(H4,31,32,35)(H4,33,34,36);2*1H/t22-,23-;;/m0../s1. The second-order valence-corrected chi connectivity index (χ2v) is 10.2. The van der Waals surface area contributed by atoms with E-state index in [9.17, 15) is 19.2 Å². The van der Waals surface area contributed by atoms with Crippen LogP contribution in [-0.4, -0.2) is 55.0 Å². The second-order valence-electron chi connectivity index (χ2n) is 10.2. The molecular weight excluding hydrogens is 653 g/mol. The number of hydrogen-bond donors (Lipinski definition) is 7. The average molecular weight is 695 g/mol. The van der Waals surface area contributed by atoms with Crippen LogP contribution in [-0.2, 0) is 20.9 Å². The molecule has 0 aliphatic heterocycles. The van der Waals surface area contributed by atoms with Crippen molar-refractivity contribution in [3.8, 4) is 0 Å². The molecule has 17 heteroatoms. The molecule has 1 aromatic heterocycles. The number of aryl methyl sites for hydroxylation is 1. The number of ether oxygens (including phenoxy) is 1. The Labute approximate surface area is 283 Å². The average Bonchev–Trinajstić information content (AvgIpc) is 2.99. The van der Waals surface area contributed by atoms with Crippen LogP contribution >= 0.6 is 24.8 Å². The van der Waals surface area contributed by atoms with Gasteiger partial charge in [-0.1, -0.05) is 30.3 Å². The normalized spacial score (nSPS) is 11.4. The first-order valence-electron chi connectivity index (χ1n) is 14.3. The van der Waals surface area contributed by atoms with E-state index in [4.69, 9.17) is 32.1 Å². The lowest BCUT2D eigenvalue weighted by molar-refractivity contribution is -0.128. The van der Waals surface area contributed by atoms with Crippen LogP contribution < -0.4 is 44.5 Å². The molecule has 0 bridgehead atoms. The fourth-order valence-corrected chi connectivity index (χ4v) is 4.36. The fourth-order valence-electron chi connectivity index (χ4n) is 4.36. The minimum Gasteiger partial charge on any atom is -0.445 e. The largest absolute Gasteiger partial charge is 0.445 e. The van der Waals surface area contributed by atoms with Crippen molar-refractivity contribution in [2.75, 3.05) is 18.4 Å². The molecule has 2 aromatic carbocycles. The minimum atomic E-state index is -1.08. The predicted molar refractivity (Wildman–Crippen MR) is 186 cm³/mol. The SMILES string of the molecule is Cc1cc(=O)oc2cc(NC(=O)[C@H](CCCN=C(N)N)NC(=O)[C@H](CCCN=C(N)N)NC(=O)OCc3ccccc3)ccc12.Cl.Cl. The van der Waals surface area contributed by atoms with Gasteiger partial charge in [-0.15, -0.1) is 24.8 Å². The summed E-state index contributed by atoms with van der Waals surface area (Å²) < 4.78 is 10.6. The molecule has 0 saturated heterocycles. The maximum Gasteiger partial charge on any atom is 0.408 e. The summed E-state index contributed by atoms with van der Waals surface area (Å²) in [7, 11) is 0.